The predicted octanol–water partition coefficient (Wildman–Crippen LogP) is 3.83. The Hall–Kier alpha value is -1.58. The smallest absolute Gasteiger partial charge is 0.329 e. The van der Waals surface area contributed by atoms with Gasteiger partial charge in [-0.2, -0.15) is 0 Å². The maximum Gasteiger partial charge on any atom is 0.329 e. The summed E-state index contributed by atoms with van der Waals surface area (Å²) in [6.07, 6.45) is 2.49. The number of anilines is 1. The highest BCUT2D eigenvalue weighted by Crippen LogP contribution is 2.40. The number of carboxylic acids is 1. The van der Waals surface area contributed by atoms with Crippen molar-refractivity contribution in [3.05, 3.63) is 29.6 Å². The molecule has 4 heteroatoms. The van der Waals surface area contributed by atoms with E-state index >= 15 is 0 Å². The molecular weight excluding hydrogens is 257 g/mol. The van der Waals surface area contributed by atoms with Crippen LogP contribution in [-0.4, -0.2) is 16.6 Å². The zero-order valence-corrected chi connectivity index (χ0v) is 12.2. The van der Waals surface area contributed by atoms with Gasteiger partial charge in [0.25, 0.3) is 0 Å². The summed E-state index contributed by atoms with van der Waals surface area (Å²) < 4.78 is 13.5. The molecule has 0 heterocycles. The highest BCUT2D eigenvalue weighted by atomic mass is 19.1. The van der Waals surface area contributed by atoms with Gasteiger partial charge in [-0.15, -0.1) is 0 Å². The van der Waals surface area contributed by atoms with Crippen molar-refractivity contribution in [2.75, 3.05) is 5.32 Å². The number of aliphatic carboxylic acids is 1. The van der Waals surface area contributed by atoms with E-state index in [0.717, 1.165) is 18.4 Å². The predicted molar refractivity (Wildman–Crippen MR) is 77.3 cm³/mol. The van der Waals surface area contributed by atoms with Crippen LogP contribution in [0.2, 0.25) is 0 Å². The second-order valence-corrected chi connectivity index (χ2v) is 6.08. The maximum atomic E-state index is 13.5. The number of hydrogen-bond acceptors (Lipinski definition) is 2. The van der Waals surface area contributed by atoms with Crippen LogP contribution in [0, 0.1) is 24.6 Å². The summed E-state index contributed by atoms with van der Waals surface area (Å²) in [6, 6.07) is 4.59. The summed E-state index contributed by atoms with van der Waals surface area (Å²) >= 11 is 0. The van der Waals surface area contributed by atoms with Crippen molar-refractivity contribution in [1.29, 1.82) is 0 Å². The average Bonchev–Trinajstić information content (AvgIpc) is 2.33. The molecule has 2 rings (SSSR count). The molecule has 1 fully saturated rings. The highest BCUT2D eigenvalue weighted by Gasteiger charge is 2.47. The van der Waals surface area contributed by atoms with Gasteiger partial charge >= 0.3 is 5.97 Å². The number of rotatable bonds is 3. The van der Waals surface area contributed by atoms with Crippen LogP contribution in [0.25, 0.3) is 0 Å². The summed E-state index contributed by atoms with van der Waals surface area (Å²) in [7, 11) is 0. The van der Waals surface area contributed by atoms with Crippen LogP contribution in [-0.2, 0) is 4.79 Å². The third-order valence-corrected chi connectivity index (χ3v) is 4.65. The zero-order valence-electron chi connectivity index (χ0n) is 12.2. The van der Waals surface area contributed by atoms with Crippen LogP contribution in [0.1, 0.15) is 38.7 Å². The van der Waals surface area contributed by atoms with Gasteiger partial charge in [-0.25, -0.2) is 9.18 Å². The van der Waals surface area contributed by atoms with Gasteiger partial charge in [0.15, 0.2) is 0 Å². The molecule has 1 aromatic carbocycles. The molecule has 0 spiro atoms. The Morgan fingerprint density at radius 3 is 2.70 bits per heavy atom. The first-order chi connectivity index (χ1) is 9.35. The third kappa shape index (κ3) is 2.65. The second kappa shape index (κ2) is 5.43. The number of aryl methyl sites for hydroxylation is 1. The van der Waals surface area contributed by atoms with Crippen molar-refractivity contribution in [1.82, 2.24) is 0 Å². The van der Waals surface area contributed by atoms with Crippen molar-refractivity contribution in [2.24, 2.45) is 11.8 Å². The minimum absolute atomic E-state index is 0.00248. The number of carbonyl (C=O) groups is 1. The van der Waals surface area contributed by atoms with Gasteiger partial charge in [-0.05, 0) is 48.9 Å². The molecule has 1 aromatic rings. The number of benzene rings is 1. The summed E-state index contributed by atoms with van der Waals surface area (Å²) in [5.74, 6) is -0.859. The molecule has 20 heavy (non-hydrogen) atoms. The zero-order chi connectivity index (χ0) is 14.9. The molecule has 3 unspecified atom stereocenters. The van der Waals surface area contributed by atoms with Crippen LogP contribution in [0.4, 0.5) is 10.1 Å². The third-order valence-electron chi connectivity index (χ3n) is 4.65. The minimum atomic E-state index is -1.00. The van der Waals surface area contributed by atoms with E-state index in [1.165, 1.54) is 12.1 Å². The molecule has 0 aliphatic heterocycles. The van der Waals surface area contributed by atoms with Gasteiger partial charge in [-0.3, -0.25) is 0 Å². The molecule has 1 aliphatic rings. The topological polar surface area (TPSA) is 49.3 Å². The summed E-state index contributed by atoms with van der Waals surface area (Å²) in [5, 5.41) is 12.8. The number of halogens is 1. The minimum Gasteiger partial charge on any atom is -0.479 e. The summed E-state index contributed by atoms with van der Waals surface area (Å²) in [5.41, 5.74) is 0.327. The summed E-state index contributed by atoms with van der Waals surface area (Å²) in [6.45, 7) is 5.85. The van der Waals surface area contributed by atoms with Crippen LogP contribution in [0.15, 0.2) is 18.2 Å². The highest BCUT2D eigenvalue weighted by molar-refractivity contribution is 5.83. The normalized spacial score (nSPS) is 30.0. The molecule has 3 atom stereocenters. The fourth-order valence-corrected chi connectivity index (χ4v) is 3.26. The van der Waals surface area contributed by atoms with Crippen molar-refractivity contribution in [2.45, 2.75) is 45.6 Å². The van der Waals surface area contributed by atoms with Crippen LogP contribution < -0.4 is 5.32 Å². The van der Waals surface area contributed by atoms with Crippen molar-refractivity contribution in [3.8, 4) is 0 Å². The van der Waals surface area contributed by atoms with E-state index in [0.29, 0.717) is 18.0 Å². The van der Waals surface area contributed by atoms with Gasteiger partial charge in [0.1, 0.15) is 11.4 Å². The SMILES string of the molecule is Cc1cc(F)cc(NC2(C(=O)O)CCCC(C)C2C)c1. The molecule has 1 saturated carbocycles. The van der Waals surface area contributed by atoms with E-state index in [-0.39, 0.29) is 11.7 Å². The molecule has 0 saturated heterocycles. The Bertz CT molecular complexity index is 497. The van der Waals surface area contributed by atoms with E-state index in [2.05, 4.69) is 12.2 Å². The van der Waals surface area contributed by atoms with Crippen molar-refractivity contribution >= 4 is 11.7 Å². The lowest BCUT2D eigenvalue weighted by atomic mass is 9.68. The standard InChI is InChI=1S/C16H22FNO2/c1-10-7-13(17)9-14(8-10)18-16(15(19)20)6-4-5-11(2)12(16)3/h7-9,11-12,18H,4-6H2,1-3H3,(H,19,20). The van der Waals surface area contributed by atoms with Gasteiger partial charge < -0.3 is 10.4 Å². The molecule has 0 bridgehead atoms. The lowest BCUT2D eigenvalue weighted by molar-refractivity contribution is -0.146. The van der Waals surface area contributed by atoms with E-state index in [4.69, 9.17) is 0 Å². The Balaban J connectivity index is 2.36. The molecule has 2 N–H and O–H groups in total. The van der Waals surface area contributed by atoms with E-state index in [1.54, 1.807) is 13.0 Å². The largest absolute Gasteiger partial charge is 0.479 e. The number of nitrogens with one attached hydrogen (secondary N) is 1. The van der Waals surface area contributed by atoms with Crippen molar-refractivity contribution < 1.29 is 14.3 Å². The van der Waals surface area contributed by atoms with Crippen LogP contribution in [0.3, 0.4) is 0 Å². The van der Waals surface area contributed by atoms with Gasteiger partial charge in [-0.1, -0.05) is 26.7 Å². The number of carboxylic acid groups (broad SMARTS) is 1. The summed E-state index contributed by atoms with van der Waals surface area (Å²) in [4.78, 5) is 11.9. The van der Waals surface area contributed by atoms with Gasteiger partial charge in [0.2, 0.25) is 0 Å². The Morgan fingerprint density at radius 2 is 2.10 bits per heavy atom. The first-order valence-corrected chi connectivity index (χ1v) is 7.14. The maximum absolute atomic E-state index is 13.5. The van der Waals surface area contributed by atoms with E-state index < -0.39 is 11.5 Å². The van der Waals surface area contributed by atoms with Crippen LogP contribution >= 0.6 is 0 Å². The first kappa shape index (κ1) is 14.8. The molecule has 110 valence electrons. The molecule has 0 radical (unpaired) electrons. The first-order valence-electron chi connectivity index (χ1n) is 7.14. The number of hydrogen-bond donors (Lipinski definition) is 2. The van der Waals surface area contributed by atoms with E-state index in [9.17, 15) is 14.3 Å². The second-order valence-electron chi connectivity index (χ2n) is 6.08. The Morgan fingerprint density at radius 1 is 1.40 bits per heavy atom. The lowest BCUT2D eigenvalue weighted by Gasteiger charge is -2.43. The molecule has 3 nitrogen and oxygen atoms in total. The van der Waals surface area contributed by atoms with Gasteiger partial charge in [0, 0.05) is 5.69 Å². The van der Waals surface area contributed by atoms with Gasteiger partial charge in [0.05, 0.1) is 0 Å². The molecule has 0 amide bonds. The monoisotopic (exact) mass is 279 g/mol. The molecular formula is C16H22FNO2. The fourth-order valence-electron chi connectivity index (χ4n) is 3.26. The van der Waals surface area contributed by atoms with E-state index in [1.807, 2.05) is 6.92 Å². The lowest BCUT2D eigenvalue weighted by Crippen LogP contribution is -2.55. The quantitative estimate of drug-likeness (QED) is 0.884. The fraction of sp³-hybridized carbons (Fsp3) is 0.562. The molecule has 0 aromatic heterocycles. The van der Waals surface area contributed by atoms with Crippen LogP contribution in [0.5, 0.6) is 0 Å². The average molecular weight is 279 g/mol. The van der Waals surface area contributed by atoms with Crippen molar-refractivity contribution in [3.63, 3.8) is 0 Å². The Labute approximate surface area is 119 Å². The molecule has 1 aliphatic carbocycles. The Kier molecular flexibility index (Phi) is 4.02.